The van der Waals surface area contributed by atoms with Crippen LogP contribution in [-0.4, -0.2) is 38.7 Å². The van der Waals surface area contributed by atoms with E-state index in [0.717, 1.165) is 29.1 Å². The highest BCUT2D eigenvalue weighted by Crippen LogP contribution is 2.37. The van der Waals surface area contributed by atoms with Crippen molar-refractivity contribution in [2.24, 2.45) is 5.10 Å². The van der Waals surface area contributed by atoms with E-state index in [4.69, 9.17) is 19.3 Å². The lowest BCUT2D eigenvalue weighted by Gasteiger charge is -2.24. The van der Waals surface area contributed by atoms with Crippen molar-refractivity contribution >= 4 is 11.4 Å². The molecular formula is C33H34N2O3. The third kappa shape index (κ3) is 6.31. The molecule has 0 amide bonds. The van der Waals surface area contributed by atoms with E-state index in [1.807, 2.05) is 31.2 Å². The Morgan fingerprint density at radius 3 is 2.08 bits per heavy atom. The first-order chi connectivity index (χ1) is 18.7. The molecule has 0 saturated carbocycles. The van der Waals surface area contributed by atoms with Gasteiger partial charge in [0.25, 0.3) is 0 Å². The topological polar surface area (TPSA) is 43.3 Å². The number of methoxy groups -OCH3 is 1. The van der Waals surface area contributed by atoms with Gasteiger partial charge in [-0.2, -0.15) is 5.10 Å². The minimum Gasteiger partial charge on any atom is -0.491 e. The monoisotopic (exact) mass is 506 g/mol. The van der Waals surface area contributed by atoms with Crippen molar-refractivity contribution in [3.63, 3.8) is 0 Å². The number of ether oxygens (including phenoxy) is 3. The average Bonchev–Trinajstić information content (AvgIpc) is 3.42. The van der Waals surface area contributed by atoms with Gasteiger partial charge in [0.05, 0.1) is 36.8 Å². The van der Waals surface area contributed by atoms with Gasteiger partial charge in [0.15, 0.2) is 0 Å². The molecule has 2 unspecified atom stereocenters. The van der Waals surface area contributed by atoms with Crippen molar-refractivity contribution in [3.05, 3.63) is 120 Å². The number of para-hydroxylation sites is 1. The molecule has 0 aromatic heterocycles. The zero-order chi connectivity index (χ0) is 26.2. The maximum atomic E-state index is 5.89. The number of hydrazone groups is 1. The predicted octanol–water partition coefficient (Wildman–Crippen LogP) is 7.14. The maximum absolute atomic E-state index is 5.89. The minimum atomic E-state index is 0.0565. The molecule has 0 saturated heterocycles. The molecule has 0 spiro atoms. The number of rotatable bonds is 11. The van der Waals surface area contributed by atoms with Crippen molar-refractivity contribution in [2.45, 2.75) is 25.5 Å². The molecule has 0 radical (unpaired) electrons. The van der Waals surface area contributed by atoms with Crippen LogP contribution in [0.5, 0.6) is 5.75 Å². The van der Waals surface area contributed by atoms with Crippen molar-refractivity contribution in [1.82, 2.24) is 0 Å². The highest BCUT2D eigenvalue weighted by Gasteiger charge is 2.30. The summed E-state index contributed by atoms with van der Waals surface area (Å²) in [6.07, 6.45) is 0.881. The van der Waals surface area contributed by atoms with E-state index in [9.17, 15) is 0 Å². The number of hydrogen-bond donors (Lipinski definition) is 0. The summed E-state index contributed by atoms with van der Waals surface area (Å²) in [5.41, 5.74) is 6.94. The van der Waals surface area contributed by atoms with Crippen molar-refractivity contribution in [1.29, 1.82) is 0 Å². The van der Waals surface area contributed by atoms with Gasteiger partial charge in [0.1, 0.15) is 12.4 Å². The molecule has 5 heteroatoms. The molecule has 4 aromatic carbocycles. The normalized spacial score (nSPS) is 15.8. The lowest BCUT2D eigenvalue weighted by Crippen LogP contribution is -2.19. The molecule has 1 aliphatic rings. The minimum absolute atomic E-state index is 0.0565. The fraction of sp³-hybridized carbons (Fsp3) is 0.242. The van der Waals surface area contributed by atoms with Crippen molar-refractivity contribution in [3.8, 4) is 16.9 Å². The molecule has 1 heterocycles. The summed E-state index contributed by atoms with van der Waals surface area (Å²) in [7, 11) is 1.68. The Hall–Kier alpha value is -3.93. The molecule has 0 fully saturated rings. The van der Waals surface area contributed by atoms with Gasteiger partial charge in [-0.05, 0) is 53.4 Å². The molecule has 0 N–H and O–H groups in total. The Labute approximate surface area is 225 Å². The van der Waals surface area contributed by atoms with Crippen LogP contribution in [0.4, 0.5) is 5.69 Å². The average molecular weight is 507 g/mol. The second kappa shape index (κ2) is 12.5. The Kier molecular flexibility index (Phi) is 8.49. The molecule has 194 valence electrons. The van der Waals surface area contributed by atoms with Gasteiger partial charge in [-0.1, -0.05) is 84.9 Å². The molecule has 5 rings (SSSR count). The van der Waals surface area contributed by atoms with Crippen LogP contribution in [0.2, 0.25) is 0 Å². The summed E-state index contributed by atoms with van der Waals surface area (Å²) in [4.78, 5) is 0. The number of hydrogen-bond acceptors (Lipinski definition) is 5. The summed E-state index contributed by atoms with van der Waals surface area (Å²) in [6.45, 7) is 3.59. The van der Waals surface area contributed by atoms with Crippen LogP contribution >= 0.6 is 0 Å². The Morgan fingerprint density at radius 1 is 0.763 bits per heavy atom. The molecule has 0 aliphatic carbocycles. The van der Waals surface area contributed by atoms with Crippen LogP contribution in [0.3, 0.4) is 0 Å². The lowest BCUT2D eigenvalue weighted by atomic mass is 9.96. The standard InChI is InChI=1S/C33H34N2O3/c1-25(24-36-2)37-21-22-38-31-19-17-29(18-20-31)33-23-32(34-35(33)30-11-7-4-8-12-30)28-15-13-27(14-16-28)26-9-5-3-6-10-26/h3-20,25,33H,21-24H2,1-2H3. The van der Waals surface area contributed by atoms with Crippen LogP contribution in [0.25, 0.3) is 11.1 Å². The van der Waals surface area contributed by atoms with E-state index in [1.54, 1.807) is 7.11 Å². The van der Waals surface area contributed by atoms with Gasteiger partial charge in [0, 0.05) is 13.5 Å². The first-order valence-corrected chi connectivity index (χ1v) is 13.1. The van der Waals surface area contributed by atoms with Crippen molar-refractivity contribution in [2.75, 3.05) is 31.9 Å². The molecular weight excluding hydrogens is 472 g/mol. The molecule has 2 atom stereocenters. The van der Waals surface area contributed by atoms with Crippen LogP contribution in [0.15, 0.2) is 114 Å². The Morgan fingerprint density at radius 2 is 1.39 bits per heavy atom. The fourth-order valence-electron chi connectivity index (χ4n) is 4.73. The van der Waals surface area contributed by atoms with E-state index in [2.05, 4.69) is 89.9 Å². The summed E-state index contributed by atoms with van der Waals surface area (Å²) in [5.74, 6) is 0.832. The quantitative estimate of drug-likeness (QED) is 0.203. The third-order valence-corrected chi connectivity index (χ3v) is 6.68. The molecule has 38 heavy (non-hydrogen) atoms. The van der Waals surface area contributed by atoms with Crippen LogP contribution in [0, 0.1) is 0 Å². The summed E-state index contributed by atoms with van der Waals surface area (Å²) in [5, 5.41) is 7.24. The largest absolute Gasteiger partial charge is 0.491 e. The first-order valence-electron chi connectivity index (χ1n) is 13.1. The van der Waals surface area contributed by atoms with Gasteiger partial charge < -0.3 is 14.2 Å². The summed E-state index contributed by atoms with van der Waals surface area (Å²) >= 11 is 0. The highest BCUT2D eigenvalue weighted by molar-refractivity contribution is 6.03. The van der Waals surface area contributed by atoms with E-state index >= 15 is 0 Å². The van der Waals surface area contributed by atoms with Crippen molar-refractivity contribution < 1.29 is 14.2 Å². The zero-order valence-electron chi connectivity index (χ0n) is 22.0. The number of anilines is 1. The second-order valence-corrected chi connectivity index (χ2v) is 9.44. The van der Waals surface area contributed by atoms with Gasteiger partial charge in [-0.25, -0.2) is 0 Å². The van der Waals surface area contributed by atoms with Gasteiger partial charge in [-0.15, -0.1) is 0 Å². The van der Waals surface area contributed by atoms with Gasteiger partial charge in [-0.3, -0.25) is 5.01 Å². The summed E-state index contributed by atoms with van der Waals surface area (Å²) < 4.78 is 16.7. The van der Waals surface area contributed by atoms with E-state index < -0.39 is 0 Å². The van der Waals surface area contributed by atoms with Gasteiger partial charge >= 0.3 is 0 Å². The Balaban J connectivity index is 1.30. The number of benzene rings is 4. The molecule has 1 aliphatic heterocycles. The van der Waals surface area contributed by atoms with E-state index in [0.29, 0.717) is 19.8 Å². The van der Waals surface area contributed by atoms with Crippen LogP contribution in [-0.2, 0) is 9.47 Å². The Bertz CT molecular complexity index is 1310. The SMILES string of the molecule is COCC(C)OCCOc1ccc(C2CC(c3ccc(-c4ccccc4)cc3)=NN2c2ccccc2)cc1. The number of nitrogens with zero attached hydrogens (tertiary/aromatic N) is 2. The molecule has 0 bridgehead atoms. The first kappa shape index (κ1) is 25.7. The summed E-state index contributed by atoms with van der Waals surface area (Å²) in [6, 6.07) is 38.0. The van der Waals surface area contributed by atoms with Gasteiger partial charge in [0.2, 0.25) is 0 Å². The maximum Gasteiger partial charge on any atom is 0.119 e. The third-order valence-electron chi connectivity index (χ3n) is 6.68. The van der Waals surface area contributed by atoms with E-state index in [-0.39, 0.29) is 12.1 Å². The smallest absolute Gasteiger partial charge is 0.119 e. The zero-order valence-corrected chi connectivity index (χ0v) is 22.0. The molecule has 5 nitrogen and oxygen atoms in total. The predicted molar refractivity (Wildman–Crippen MR) is 154 cm³/mol. The van der Waals surface area contributed by atoms with Crippen LogP contribution in [0.1, 0.15) is 30.5 Å². The van der Waals surface area contributed by atoms with Crippen LogP contribution < -0.4 is 9.75 Å². The second-order valence-electron chi connectivity index (χ2n) is 9.44. The lowest BCUT2D eigenvalue weighted by molar-refractivity contribution is -0.00214. The molecule has 4 aromatic rings. The van der Waals surface area contributed by atoms with E-state index in [1.165, 1.54) is 16.7 Å². The highest BCUT2D eigenvalue weighted by atomic mass is 16.5. The fourth-order valence-corrected chi connectivity index (χ4v) is 4.73.